The number of thioether (sulfide) groups is 1. The molecule has 2 rings (SSSR count). The van der Waals surface area contributed by atoms with Crippen molar-refractivity contribution in [2.75, 3.05) is 32.9 Å². The third-order valence-corrected chi connectivity index (χ3v) is 4.64. The van der Waals surface area contributed by atoms with Gasteiger partial charge in [-0.3, -0.25) is 4.90 Å². The van der Waals surface area contributed by atoms with E-state index in [9.17, 15) is 4.39 Å². The monoisotopic (exact) mass is 332 g/mol. The van der Waals surface area contributed by atoms with Crippen LogP contribution in [0.15, 0.2) is 29.2 Å². The molecular weight excluding hydrogens is 307 g/mol. The summed E-state index contributed by atoms with van der Waals surface area (Å²) in [4.78, 5) is 3.47. The van der Waals surface area contributed by atoms with Crippen LogP contribution in [0.4, 0.5) is 4.39 Å². The minimum absolute atomic E-state index is 0. The predicted octanol–water partition coefficient (Wildman–Crippen LogP) is 3.91. The van der Waals surface area contributed by atoms with Gasteiger partial charge in [0.05, 0.1) is 6.04 Å². The van der Waals surface area contributed by atoms with Gasteiger partial charge in [0.1, 0.15) is 6.67 Å². The van der Waals surface area contributed by atoms with E-state index in [2.05, 4.69) is 43.1 Å². The number of nitrogens with one attached hydrogen (secondary N) is 1. The van der Waals surface area contributed by atoms with Gasteiger partial charge in [0.25, 0.3) is 0 Å². The molecule has 1 heterocycles. The standard InChI is InChI=1S/C16H25FN2S.ClH/c1-16(2,3)20-15-7-5-4-6-13(15)14(12-17)19-10-8-18-9-11-19;/h4-7,14,18H,8-12H2,1-3H3;1H/t14-;/m0./s1. The highest BCUT2D eigenvalue weighted by Crippen LogP contribution is 2.37. The first-order valence-corrected chi connectivity index (χ1v) is 8.11. The summed E-state index contributed by atoms with van der Waals surface area (Å²) >= 11 is 1.83. The zero-order chi connectivity index (χ0) is 14.6. The average Bonchev–Trinajstić information content (AvgIpc) is 2.41. The minimum Gasteiger partial charge on any atom is -0.314 e. The maximum Gasteiger partial charge on any atom is 0.109 e. The van der Waals surface area contributed by atoms with E-state index in [0.717, 1.165) is 31.7 Å². The Balaban J connectivity index is 0.00000220. The summed E-state index contributed by atoms with van der Waals surface area (Å²) in [5, 5.41) is 3.33. The van der Waals surface area contributed by atoms with E-state index < -0.39 is 0 Å². The van der Waals surface area contributed by atoms with Gasteiger partial charge in [0, 0.05) is 35.8 Å². The maximum absolute atomic E-state index is 13.7. The van der Waals surface area contributed by atoms with E-state index >= 15 is 0 Å². The minimum atomic E-state index is -0.318. The fourth-order valence-corrected chi connectivity index (χ4v) is 3.68. The first kappa shape index (κ1) is 18.8. The molecule has 120 valence electrons. The molecule has 0 amide bonds. The third kappa shape index (κ3) is 5.44. The molecule has 0 aromatic heterocycles. The van der Waals surface area contributed by atoms with Gasteiger partial charge < -0.3 is 5.32 Å². The molecule has 0 aliphatic carbocycles. The van der Waals surface area contributed by atoms with Gasteiger partial charge in [0.15, 0.2) is 0 Å². The van der Waals surface area contributed by atoms with E-state index in [-0.39, 0.29) is 29.9 Å². The van der Waals surface area contributed by atoms with Crippen LogP contribution in [0.3, 0.4) is 0 Å². The highest BCUT2D eigenvalue weighted by Gasteiger charge is 2.25. The first-order chi connectivity index (χ1) is 9.51. The summed E-state index contributed by atoms with van der Waals surface area (Å²) in [5.74, 6) is 0. The van der Waals surface area contributed by atoms with Crippen LogP contribution in [0.2, 0.25) is 0 Å². The van der Waals surface area contributed by atoms with Crippen LogP contribution in [0, 0.1) is 0 Å². The molecule has 21 heavy (non-hydrogen) atoms. The third-order valence-electron chi connectivity index (χ3n) is 3.43. The van der Waals surface area contributed by atoms with Crippen LogP contribution in [0.1, 0.15) is 32.4 Å². The van der Waals surface area contributed by atoms with Crippen LogP contribution in [-0.2, 0) is 0 Å². The van der Waals surface area contributed by atoms with Gasteiger partial charge in [-0.15, -0.1) is 24.2 Å². The summed E-state index contributed by atoms with van der Waals surface area (Å²) in [7, 11) is 0. The van der Waals surface area contributed by atoms with Gasteiger partial charge >= 0.3 is 0 Å². The van der Waals surface area contributed by atoms with E-state index in [4.69, 9.17) is 0 Å². The Kier molecular flexibility index (Phi) is 7.48. The summed E-state index contributed by atoms with van der Waals surface area (Å²) in [6.07, 6.45) is 0. The second-order valence-electron chi connectivity index (χ2n) is 6.21. The Morgan fingerprint density at radius 2 is 1.86 bits per heavy atom. The molecule has 0 saturated carbocycles. The summed E-state index contributed by atoms with van der Waals surface area (Å²) in [5.41, 5.74) is 1.14. The molecule has 2 nitrogen and oxygen atoms in total. The Hall–Kier alpha value is -0.290. The molecule has 1 aromatic carbocycles. The molecule has 1 aromatic rings. The molecule has 0 bridgehead atoms. The van der Waals surface area contributed by atoms with Crippen LogP contribution in [-0.4, -0.2) is 42.5 Å². The Morgan fingerprint density at radius 1 is 1.24 bits per heavy atom. The molecule has 1 aliphatic heterocycles. The van der Waals surface area contributed by atoms with Gasteiger partial charge in [-0.05, 0) is 11.6 Å². The largest absolute Gasteiger partial charge is 0.314 e. The van der Waals surface area contributed by atoms with Crippen LogP contribution in [0.25, 0.3) is 0 Å². The molecule has 0 unspecified atom stereocenters. The Labute approximate surface area is 138 Å². The number of alkyl halides is 1. The number of nitrogens with zero attached hydrogens (tertiary/aromatic N) is 1. The molecule has 1 aliphatic rings. The van der Waals surface area contributed by atoms with Crippen molar-refractivity contribution in [1.29, 1.82) is 0 Å². The smallest absolute Gasteiger partial charge is 0.109 e. The number of benzene rings is 1. The fourth-order valence-electron chi connectivity index (χ4n) is 2.55. The summed E-state index contributed by atoms with van der Waals surface area (Å²) in [6, 6.07) is 8.16. The first-order valence-electron chi connectivity index (χ1n) is 7.30. The fraction of sp³-hybridized carbons (Fsp3) is 0.625. The molecule has 5 heteroatoms. The van der Waals surface area contributed by atoms with Gasteiger partial charge in [-0.2, -0.15) is 0 Å². The highest BCUT2D eigenvalue weighted by atomic mass is 35.5. The average molecular weight is 333 g/mol. The topological polar surface area (TPSA) is 15.3 Å². The molecule has 1 atom stereocenters. The zero-order valence-corrected chi connectivity index (χ0v) is 14.7. The number of hydrogen-bond acceptors (Lipinski definition) is 3. The van der Waals surface area contributed by atoms with E-state index in [0.29, 0.717) is 0 Å². The van der Waals surface area contributed by atoms with Crippen molar-refractivity contribution in [3.8, 4) is 0 Å². The lowest BCUT2D eigenvalue weighted by atomic mass is 10.1. The van der Waals surface area contributed by atoms with Crippen molar-refractivity contribution < 1.29 is 4.39 Å². The van der Waals surface area contributed by atoms with E-state index in [1.807, 2.05) is 23.9 Å². The van der Waals surface area contributed by atoms with Crippen LogP contribution >= 0.6 is 24.2 Å². The van der Waals surface area contributed by atoms with Crippen molar-refractivity contribution in [2.45, 2.75) is 36.5 Å². The van der Waals surface area contributed by atoms with Crippen LogP contribution < -0.4 is 5.32 Å². The quantitative estimate of drug-likeness (QED) is 0.841. The number of hydrogen-bond donors (Lipinski definition) is 1. The van der Waals surface area contributed by atoms with Gasteiger partial charge in [-0.1, -0.05) is 39.0 Å². The normalized spacial score (nSPS) is 18.1. The number of piperazine rings is 1. The molecule has 0 radical (unpaired) electrons. The van der Waals surface area contributed by atoms with E-state index in [1.165, 1.54) is 4.90 Å². The van der Waals surface area contributed by atoms with Gasteiger partial charge in [-0.25, -0.2) is 4.39 Å². The zero-order valence-electron chi connectivity index (χ0n) is 13.1. The maximum atomic E-state index is 13.7. The second kappa shape index (κ2) is 8.37. The molecule has 1 fully saturated rings. The van der Waals surface area contributed by atoms with Crippen molar-refractivity contribution in [2.24, 2.45) is 0 Å². The Morgan fingerprint density at radius 3 is 2.43 bits per heavy atom. The number of halogens is 2. The molecular formula is C16H26ClFN2S. The van der Waals surface area contributed by atoms with Crippen molar-refractivity contribution in [3.63, 3.8) is 0 Å². The van der Waals surface area contributed by atoms with Crippen molar-refractivity contribution in [1.82, 2.24) is 10.2 Å². The predicted molar refractivity (Wildman–Crippen MR) is 92.5 cm³/mol. The Bertz CT molecular complexity index is 431. The molecule has 1 N–H and O–H groups in total. The highest BCUT2D eigenvalue weighted by molar-refractivity contribution is 8.00. The molecule has 1 saturated heterocycles. The lowest BCUT2D eigenvalue weighted by Crippen LogP contribution is -2.45. The summed E-state index contributed by atoms with van der Waals surface area (Å²) in [6.45, 7) is 10.0. The van der Waals surface area contributed by atoms with Gasteiger partial charge in [0.2, 0.25) is 0 Å². The van der Waals surface area contributed by atoms with E-state index in [1.54, 1.807) is 0 Å². The lowest BCUT2D eigenvalue weighted by molar-refractivity contribution is 0.146. The number of rotatable bonds is 4. The van der Waals surface area contributed by atoms with Crippen molar-refractivity contribution in [3.05, 3.63) is 29.8 Å². The SMILES string of the molecule is CC(C)(C)Sc1ccccc1[C@H](CF)N1CCNCC1.Cl. The summed E-state index contributed by atoms with van der Waals surface area (Å²) < 4.78 is 13.8. The van der Waals surface area contributed by atoms with Crippen molar-refractivity contribution >= 4 is 24.2 Å². The lowest BCUT2D eigenvalue weighted by Gasteiger charge is -2.35. The second-order valence-corrected chi connectivity index (χ2v) is 8.08. The molecule has 0 spiro atoms. The van der Waals surface area contributed by atoms with Crippen LogP contribution in [0.5, 0.6) is 0 Å².